The molecule has 2 rings (SSSR count). The number of guanidine groups is 1. The highest BCUT2D eigenvalue weighted by Crippen LogP contribution is 2.27. The van der Waals surface area contributed by atoms with Crippen LogP contribution in [0.5, 0.6) is 0 Å². The number of halogens is 1. The van der Waals surface area contributed by atoms with Gasteiger partial charge in [0.15, 0.2) is 5.96 Å². The molecule has 0 bridgehead atoms. The van der Waals surface area contributed by atoms with Crippen LogP contribution in [-0.4, -0.2) is 59.7 Å². The molecule has 0 amide bonds. The lowest BCUT2D eigenvalue weighted by atomic mass is 9.88. The molecule has 30 heavy (non-hydrogen) atoms. The van der Waals surface area contributed by atoms with E-state index in [2.05, 4.69) is 64.2 Å². The van der Waals surface area contributed by atoms with Crippen LogP contribution in [0.1, 0.15) is 23.5 Å². The summed E-state index contributed by atoms with van der Waals surface area (Å²) in [6.07, 6.45) is 2.14. The Morgan fingerprint density at radius 1 is 0.933 bits per heavy atom. The maximum atomic E-state index is 11.1. The van der Waals surface area contributed by atoms with Gasteiger partial charge in [-0.2, -0.15) is 0 Å². The second kappa shape index (κ2) is 14.4. The van der Waals surface area contributed by atoms with Gasteiger partial charge in [0.1, 0.15) is 9.84 Å². The molecule has 8 heteroatoms. The molecule has 0 aromatic heterocycles. The maximum Gasteiger partial charge on any atom is 0.191 e. The van der Waals surface area contributed by atoms with E-state index in [0.717, 1.165) is 13.0 Å². The minimum absolute atomic E-state index is 0. The lowest BCUT2D eigenvalue weighted by Crippen LogP contribution is -2.39. The van der Waals surface area contributed by atoms with E-state index in [9.17, 15) is 8.42 Å². The minimum atomic E-state index is -2.98. The molecule has 0 spiro atoms. The van der Waals surface area contributed by atoms with Gasteiger partial charge in [0, 0.05) is 32.3 Å². The van der Waals surface area contributed by atoms with Gasteiger partial charge in [0.25, 0.3) is 0 Å². The molecule has 0 radical (unpaired) electrons. The van der Waals surface area contributed by atoms with Crippen molar-refractivity contribution in [2.75, 3.05) is 45.4 Å². The summed E-state index contributed by atoms with van der Waals surface area (Å²) in [5, 5.41) is 6.53. The molecule has 2 N–H and O–H groups in total. The van der Waals surface area contributed by atoms with Crippen molar-refractivity contribution in [3.63, 3.8) is 0 Å². The number of rotatable bonds is 11. The molecule has 0 saturated carbocycles. The third-order valence-electron chi connectivity index (χ3n) is 4.49. The predicted molar refractivity (Wildman–Crippen MR) is 135 cm³/mol. The summed E-state index contributed by atoms with van der Waals surface area (Å²) in [4.78, 5) is 4.23. The number of benzene rings is 2. The van der Waals surface area contributed by atoms with Crippen LogP contribution in [0, 0.1) is 0 Å². The maximum absolute atomic E-state index is 11.1. The van der Waals surface area contributed by atoms with Gasteiger partial charge in [-0.3, -0.25) is 4.99 Å². The number of hydrogen-bond donors (Lipinski definition) is 2. The quantitative estimate of drug-likeness (QED) is 0.197. The fraction of sp³-hybridized carbons (Fsp3) is 0.409. The van der Waals surface area contributed by atoms with Gasteiger partial charge < -0.3 is 15.4 Å². The van der Waals surface area contributed by atoms with Crippen LogP contribution < -0.4 is 10.6 Å². The average molecular weight is 545 g/mol. The monoisotopic (exact) mass is 545 g/mol. The van der Waals surface area contributed by atoms with Gasteiger partial charge in [-0.05, 0) is 17.5 Å². The first-order chi connectivity index (χ1) is 14.0. The van der Waals surface area contributed by atoms with Gasteiger partial charge in [-0.15, -0.1) is 24.0 Å². The van der Waals surface area contributed by atoms with E-state index in [0.29, 0.717) is 25.0 Å². The van der Waals surface area contributed by atoms with Crippen LogP contribution >= 0.6 is 24.0 Å². The van der Waals surface area contributed by atoms with Gasteiger partial charge >= 0.3 is 0 Å². The molecule has 0 aliphatic rings. The fourth-order valence-electron chi connectivity index (χ4n) is 3.01. The lowest BCUT2D eigenvalue weighted by Gasteiger charge is -2.19. The molecular formula is C22H32IN3O3S. The van der Waals surface area contributed by atoms with Crippen molar-refractivity contribution < 1.29 is 13.2 Å². The van der Waals surface area contributed by atoms with E-state index in [-0.39, 0.29) is 36.3 Å². The Morgan fingerprint density at radius 2 is 1.47 bits per heavy atom. The van der Waals surface area contributed by atoms with Crippen molar-refractivity contribution >= 4 is 39.8 Å². The summed E-state index contributed by atoms with van der Waals surface area (Å²) in [5.74, 6) is 1.05. The molecule has 0 atom stereocenters. The van der Waals surface area contributed by atoms with E-state index in [1.807, 2.05) is 12.1 Å². The Bertz CT molecular complexity index is 807. The molecular weight excluding hydrogens is 513 g/mol. The molecule has 0 unspecified atom stereocenters. The van der Waals surface area contributed by atoms with Crippen LogP contribution in [0.25, 0.3) is 0 Å². The zero-order valence-corrected chi connectivity index (χ0v) is 20.7. The highest BCUT2D eigenvalue weighted by atomic mass is 127. The highest BCUT2D eigenvalue weighted by Gasteiger charge is 2.13. The topological polar surface area (TPSA) is 79.8 Å². The van der Waals surface area contributed by atoms with Crippen molar-refractivity contribution in [2.45, 2.75) is 12.3 Å². The number of ether oxygens (including phenoxy) is 1. The zero-order valence-electron chi connectivity index (χ0n) is 17.6. The number of aliphatic imine (C=N–C) groups is 1. The van der Waals surface area contributed by atoms with Crippen molar-refractivity contribution in [1.29, 1.82) is 0 Å². The van der Waals surface area contributed by atoms with Gasteiger partial charge in [0.05, 0.1) is 19.0 Å². The largest absolute Gasteiger partial charge is 0.379 e. The molecule has 2 aromatic rings. The smallest absolute Gasteiger partial charge is 0.191 e. The Hall–Kier alpha value is -1.65. The van der Waals surface area contributed by atoms with Gasteiger partial charge in [-0.25, -0.2) is 8.42 Å². The standard InChI is InChI=1S/C22H31N3O3S.HI/c1-23-22(25-15-16-28-17-18-29(2,26)27)24-14-13-21(19-9-5-3-6-10-19)20-11-7-4-8-12-20;/h3-12,21H,13-18H2,1-2H3,(H2,23,24,25);1H. The summed E-state index contributed by atoms with van der Waals surface area (Å²) in [6, 6.07) is 21.0. The molecule has 0 fully saturated rings. The van der Waals surface area contributed by atoms with Gasteiger partial charge in [-0.1, -0.05) is 60.7 Å². The lowest BCUT2D eigenvalue weighted by molar-refractivity contribution is 0.154. The zero-order chi connectivity index (χ0) is 21.0. The Labute approximate surface area is 197 Å². The summed E-state index contributed by atoms with van der Waals surface area (Å²) in [5.41, 5.74) is 2.59. The van der Waals surface area contributed by atoms with E-state index >= 15 is 0 Å². The Kier molecular flexibility index (Phi) is 12.6. The third kappa shape index (κ3) is 10.4. The van der Waals surface area contributed by atoms with E-state index in [1.54, 1.807) is 7.05 Å². The Morgan fingerprint density at radius 3 is 1.97 bits per heavy atom. The number of sulfone groups is 1. The van der Waals surface area contributed by atoms with Crippen LogP contribution in [0.2, 0.25) is 0 Å². The third-order valence-corrected chi connectivity index (χ3v) is 5.40. The van der Waals surface area contributed by atoms with Crippen LogP contribution in [0.3, 0.4) is 0 Å². The normalized spacial score (nSPS) is 11.8. The highest BCUT2D eigenvalue weighted by molar-refractivity contribution is 14.0. The molecule has 2 aromatic carbocycles. The second-order valence-corrected chi connectivity index (χ2v) is 9.09. The van der Waals surface area contributed by atoms with E-state index < -0.39 is 9.84 Å². The number of hydrogen-bond acceptors (Lipinski definition) is 4. The summed E-state index contributed by atoms with van der Waals surface area (Å²) >= 11 is 0. The molecule has 0 aliphatic heterocycles. The predicted octanol–water partition coefficient (Wildman–Crippen LogP) is 3.05. The first-order valence-electron chi connectivity index (χ1n) is 9.79. The molecule has 6 nitrogen and oxygen atoms in total. The Balaban J connectivity index is 0.00000450. The minimum Gasteiger partial charge on any atom is -0.379 e. The molecule has 0 saturated heterocycles. The van der Waals surface area contributed by atoms with Gasteiger partial charge in [0.2, 0.25) is 0 Å². The summed E-state index contributed by atoms with van der Waals surface area (Å²) in [6.45, 7) is 1.96. The van der Waals surface area contributed by atoms with Crippen molar-refractivity contribution in [2.24, 2.45) is 4.99 Å². The fourth-order valence-corrected chi connectivity index (χ4v) is 3.43. The summed E-state index contributed by atoms with van der Waals surface area (Å²) < 4.78 is 27.5. The van der Waals surface area contributed by atoms with Crippen molar-refractivity contribution in [3.05, 3.63) is 71.8 Å². The first-order valence-corrected chi connectivity index (χ1v) is 11.9. The van der Waals surface area contributed by atoms with Crippen molar-refractivity contribution in [1.82, 2.24) is 10.6 Å². The molecule has 0 aliphatic carbocycles. The van der Waals surface area contributed by atoms with Crippen LogP contribution in [-0.2, 0) is 14.6 Å². The first kappa shape index (κ1) is 26.4. The summed E-state index contributed by atoms with van der Waals surface area (Å²) in [7, 11) is -1.25. The SMILES string of the molecule is CN=C(NCCOCCS(C)(=O)=O)NCCC(c1ccccc1)c1ccccc1.I. The molecule has 166 valence electrons. The second-order valence-electron chi connectivity index (χ2n) is 6.83. The number of nitrogens with zero attached hydrogens (tertiary/aromatic N) is 1. The van der Waals surface area contributed by atoms with Crippen LogP contribution in [0.15, 0.2) is 65.7 Å². The van der Waals surface area contributed by atoms with Crippen molar-refractivity contribution in [3.8, 4) is 0 Å². The number of nitrogens with one attached hydrogen (secondary N) is 2. The van der Waals surface area contributed by atoms with E-state index in [4.69, 9.17) is 4.74 Å². The molecule has 0 heterocycles. The average Bonchev–Trinajstić information content (AvgIpc) is 2.72. The van der Waals surface area contributed by atoms with E-state index in [1.165, 1.54) is 17.4 Å². The van der Waals surface area contributed by atoms with Crippen LogP contribution in [0.4, 0.5) is 0 Å².